The first-order chi connectivity index (χ1) is 13.7. The normalized spacial score (nSPS) is 21.4. The van der Waals surface area contributed by atoms with Gasteiger partial charge in [-0.2, -0.15) is 0 Å². The Morgan fingerprint density at radius 3 is 2.86 bits per heavy atom. The lowest BCUT2D eigenvalue weighted by molar-refractivity contribution is -0.139. The zero-order valence-corrected chi connectivity index (χ0v) is 17.6. The minimum Gasteiger partial charge on any atom is -0.497 e. The number of carbonyl (C=O) groups is 1. The summed E-state index contributed by atoms with van der Waals surface area (Å²) in [7, 11) is 1.72. The molecule has 0 saturated carbocycles. The SMILES string of the molecule is CCN(C[C@H]1CCCN(CCc2cccc(OC)c2)C1)C(=O)C1CCOCC1. The number of methoxy groups -OCH3 is 1. The molecule has 28 heavy (non-hydrogen) atoms. The van der Waals surface area contributed by atoms with E-state index < -0.39 is 0 Å². The molecule has 5 nitrogen and oxygen atoms in total. The Kier molecular flexibility index (Phi) is 8.16. The molecule has 0 aliphatic carbocycles. The molecule has 2 fully saturated rings. The summed E-state index contributed by atoms with van der Waals surface area (Å²) in [5.74, 6) is 2.03. The van der Waals surface area contributed by atoms with Gasteiger partial charge in [-0.3, -0.25) is 4.79 Å². The van der Waals surface area contributed by atoms with E-state index in [1.807, 2.05) is 6.07 Å². The van der Waals surface area contributed by atoms with E-state index in [0.29, 0.717) is 11.8 Å². The lowest BCUT2D eigenvalue weighted by Crippen LogP contribution is -2.45. The second-order valence-corrected chi connectivity index (χ2v) is 8.17. The van der Waals surface area contributed by atoms with Gasteiger partial charge in [0, 0.05) is 45.3 Å². The predicted octanol–water partition coefficient (Wildman–Crippen LogP) is 3.22. The van der Waals surface area contributed by atoms with Gasteiger partial charge in [-0.15, -0.1) is 0 Å². The van der Waals surface area contributed by atoms with Gasteiger partial charge in [0.2, 0.25) is 5.91 Å². The van der Waals surface area contributed by atoms with E-state index in [4.69, 9.17) is 9.47 Å². The van der Waals surface area contributed by atoms with Crippen molar-refractivity contribution >= 4 is 5.91 Å². The molecule has 0 unspecified atom stereocenters. The summed E-state index contributed by atoms with van der Waals surface area (Å²) in [6.45, 7) is 8.63. The van der Waals surface area contributed by atoms with E-state index in [1.165, 1.54) is 24.9 Å². The molecule has 1 amide bonds. The number of likely N-dealkylation sites (tertiary alicyclic amines) is 1. The summed E-state index contributed by atoms with van der Waals surface area (Å²) < 4.78 is 10.8. The molecular weight excluding hydrogens is 352 g/mol. The summed E-state index contributed by atoms with van der Waals surface area (Å²) in [6, 6.07) is 8.37. The van der Waals surface area contributed by atoms with Crippen molar-refractivity contribution in [2.45, 2.75) is 39.0 Å². The maximum Gasteiger partial charge on any atom is 0.225 e. The van der Waals surface area contributed by atoms with Crippen molar-refractivity contribution in [2.75, 3.05) is 53.0 Å². The topological polar surface area (TPSA) is 42.0 Å². The van der Waals surface area contributed by atoms with Gasteiger partial charge in [0.25, 0.3) is 0 Å². The first kappa shape index (κ1) is 21.1. The lowest BCUT2D eigenvalue weighted by Gasteiger charge is -2.37. The van der Waals surface area contributed by atoms with Crippen molar-refractivity contribution in [1.29, 1.82) is 0 Å². The second kappa shape index (κ2) is 10.8. The molecule has 2 aliphatic heterocycles. The molecule has 0 spiro atoms. The predicted molar refractivity (Wildman–Crippen MR) is 112 cm³/mol. The van der Waals surface area contributed by atoms with E-state index in [9.17, 15) is 4.79 Å². The van der Waals surface area contributed by atoms with Crippen molar-refractivity contribution in [3.63, 3.8) is 0 Å². The standard InChI is InChI=1S/C23H36N2O3/c1-3-25(23(26)21-10-14-28-15-11-21)18-20-7-5-12-24(17-20)13-9-19-6-4-8-22(16-19)27-2/h4,6,8,16,20-21H,3,5,7,9-15,17-18H2,1-2H3/t20-/m0/s1. The Morgan fingerprint density at radius 1 is 1.29 bits per heavy atom. The van der Waals surface area contributed by atoms with Crippen LogP contribution in [0.1, 0.15) is 38.2 Å². The smallest absolute Gasteiger partial charge is 0.225 e. The van der Waals surface area contributed by atoms with Crippen LogP contribution < -0.4 is 4.74 Å². The fourth-order valence-corrected chi connectivity index (χ4v) is 4.51. The van der Waals surface area contributed by atoms with Gasteiger partial charge in [0.15, 0.2) is 0 Å². The summed E-state index contributed by atoms with van der Waals surface area (Å²) in [4.78, 5) is 17.6. The van der Waals surface area contributed by atoms with Gasteiger partial charge in [-0.25, -0.2) is 0 Å². The molecule has 0 radical (unpaired) electrons. The molecule has 1 aromatic rings. The Balaban J connectivity index is 1.48. The lowest BCUT2D eigenvalue weighted by atomic mass is 9.94. The van der Waals surface area contributed by atoms with E-state index >= 15 is 0 Å². The first-order valence-corrected chi connectivity index (χ1v) is 10.9. The fraction of sp³-hybridized carbons (Fsp3) is 0.696. The number of amides is 1. The largest absolute Gasteiger partial charge is 0.497 e. The van der Waals surface area contributed by atoms with Crippen molar-refractivity contribution in [3.05, 3.63) is 29.8 Å². The van der Waals surface area contributed by atoms with Crippen LogP contribution in [0.5, 0.6) is 5.75 Å². The summed E-state index contributed by atoms with van der Waals surface area (Å²) in [6.07, 6.45) is 5.26. The van der Waals surface area contributed by atoms with Gasteiger partial charge in [0.05, 0.1) is 7.11 Å². The summed E-state index contributed by atoms with van der Waals surface area (Å²) in [5, 5.41) is 0. The Morgan fingerprint density at radius 2 is 2.11 bits per heavy atom. The minimum absolute atomic E-state index is 0.168. The number of hydrogen-bond acceptors (Lipinski definition) is 4. The highest BCUT2D eigenvalue weighted by Gasteiger charge is 2.28. The molecule has 0 N–H and O–H groups in total. The van der Waals surface area contributed by atoms with Gasteiger partial charge in [-0.1, -0.05) is 12.1 Å². The molecule has 2 heterocycles. The van der Waals surface area contributed by atoms with Crippen molar-refractivity contribution in [3.8, 4) is 5.75 Å². The van der Waals surface area contributed by atoms with Crippen LogP contribution in [0.2, 0.25) is 0 Å². The molecule has 0 aromatic heterocycles. The number of benzene rings is 1. The highest BCUT2D eigenvalue weighted by atomic mass is 16.5. The maximum atomic E-state index is 12.9. The fourth-order valence-electron chi connectivity index (χ4n) is 4.51. The van der Waals surface area contributed by atoms with Crippen LogP contribution in [0, 0.1) is 11.8 Å². The zero-order chi connectivity index (χ0) is 19.8. The van der Waals surface area contributed by atoms with Crippen LogP contribution in [0.3, 0.4) is 0 Å². The molecule has 3 rings (SSSR count). The molecule has 156 valence electrons. The average Bonchev–Trinajstić information content (AvgIpc) is 2.76. The Hall–Kier alpha value is -1.59. The van der Waals surface area contributed by atoms with Gasteiger partial charge < -0.3 is 19.3 Å². The molecule has 1 atom stereocenters. The summed E-state index contributed by atoms with van der Waals surface area (Å²) >= 11 is 0. The van der Waals surface area contributed by atoms with Crippen molar-refractivity contribution in [1.82, 2.24) is 9.80 Å². The molecule has 2 saturated heterocycles. The highest BCUT2D eigenvalue weighted by Crippen LogP contribution is 2.22. The third-order valence-electron chi connectivity index (χ3n) is 6.20. The molecule has 0 bridgehead atoms. The van der Waals surface area contributed by atoms with Gasteiger partial charge >= 0.3 is 0 Å². The molecule has 2 aliphatic rings. The van der Waals surface area contributed by atoms with E-state index in [2.05, 4.69) is 34.9 Å². The number of ether oxygens (including phenoxy) is 2. The van der Waals surface area contributed by atoms with Gasteiger partial charge in [0.1, 0.15) is 5.75 Å². The van der Waals surface area contributed by atoms with Crippen LogP contribution in [0.15, 0.2) is 24.3 Å². The quantitative estimate of drug-likeness (QED) is 0.686. The average molecular weight is 389 g/mol. The van der Waals surface area contributed by atoms with Crippen molar-refractivity contribution in [2.24, 2.45) is 11.8 Å². The van der Waals surface area contributed by atoms with Crippen LogP contribution in [0.25, 0.3) is 0 Å². The zero-order valence-electron chi connectivity index (χ0n) is 17.6. The van der Waals surface area contributed by atoms with Crippen molar-refractivity contribution < 1.29 is 14.3 Å². The van der Waals surface area contributed by atoms with Crippen LogP contribution in [-0.2, 0) is 16.0 Å². The number of piperidine rings is 1. The van der Waals surface area contributed by atoms with Crippen LogP contribution >= 0.6 is 0 Å². The Labute approximate surface area is 170 Å². The number of nitrogens with zero attached hydrogens (tertiary/aromatic N) is 2. The first-order valence-electron chi connectivity index (χ1n) is 10.9. The third-order valence-corrected chi connectivity index (χ3v) is 6.20. The molecule has 1 aromatic carbocycles. The number of carbonyl (C=O) groups excluding carboxylic acids is 1. The number of rotatable bonds is 8. The highest BCUT2D eigenvalue weighted by molar-refractivity contribution is 5.78. The van der Waals surface area contributed by atoms with Crippen LogP contribution in [0.4, 0.5) is 0 Å². The molecular formula is C23H36N2O3. The summed E-state index contributed by atoms with van der Waals surface area (Å²) in [5.41, 5.74) is 1.33. The maximum absolute atomic E-state index is 12.9. The third kappa shape index (κ3) is 5.95. The monoisotopic (exact) mass is 388 g/mol. The Bertz CT molecular complexity index is 616. The van der Waals surface area contributed by atoms with E-state index in [-0.39, 0.29) is 5.92 Å². The van der Waals surface area contributed by atoms with E-state index in [0.717, 1.165) is 64.4 Å². The van der Waals surface area contributed by atoms with Gasteiger partial charge in [-0.05, 0) is 69.2 Å². The minimum atomic E-state index is 0.168. The molecule has 5 heteroatoms. The van der Waals surface area contributed by atoms with Crippen LogP contribution in [-0.4, -0.2) is 68.8 Å². The van der Waals surface area contributed by atoms with E-state index in [1.54, 1.807) is 7.11 Å². The second-order valence-electron chi connectivity index (χ2n) is 8.17. The number of hydrogen-bond donors (Lipinski definition) is 0.